The fraction of sp³-hybridized carbons (Fsp3) is 0.222. The van der Waals surface area contributed by atoms with Gasteiger partial charge in [-0.1, -0.05) is 0 Å². The van der Waals surface area contributed by atoms with Gasteiger partial charge in [0.2, 0.25) is 0 Å². The molecule has 72 valence electrons. The van der Waals surface area contributed by atoms with E-state index in [0.29, 0.717) is 0 Å². The van der Waals surface area contributed by atoms with Crippen LogP contribution in [0, 0.1) is 28.4 Å². The third-order valence-electron chi connectivity index (χ3n) is 1.74. The van der Waals surface area contributed by atoms with Crippen molar-refractivity contribution < 1.29 is 9.66 Å². The summed E-state index contributed by atoms with van der Waals surface area (Å²) in [5.41, 5.74) is 0.497. The highest BCUT2D eigenvalue weighted by atomic mass is 16.6. The highest BCUT2D eigenvalue weighted by Crippen LogP contribution is 2.31. The second-order valence-corrected chi connectivity index (χ2v) is 2.73. The Hall–Kier alpha value is -2.09. The maximum atomic E-state index is 10.6. The van der Waals surface area contributed by atoms with Gasteiger partial charge in [0, 0.05) is 0 Å². The Bertz CT molecular complexity index is 421. The van der Waals surface area contributed by atoms with Gasteiger partial charge in [-0.25, -0.2) is 0 Å². The van der Waals surface area contributed by atoms with Crippen LogP contribution in [-0.2, 0) is 0 Å². The highest BCUT2D eigenvalue weighted by molar-refractivity contribution is 5.59. The van der Waals surface area contributed by atoms with Gasteiger partial charge in [-0.2, -0.15) is 5.26 Å². The third-order valence-corrected chi connectivity index (χ3v) is 1.74. The molecule has 0 amide bonds. The molecule has 5 nitrogen and oxygen atoms in total. The lowest BCUT2D eigenvalue weighted by atomic mass is 10.1. The Kier molecular flexibility index (Phi) is 2.67. The van der Waals surface area contributed by atoms with E-state index in [-0.39, 0.29) is 17.0 Å². The first-order chi connectivity index (χ1) is 6.60. The maximum Gasteiger partial charge on any atom is 0.328 e. The molecule has 0 radical (unpaired) electrons. The number of aryl methyl sites for hydroxylation is 1. The van der Waals surface area contributed by atoms with E-state index >= 15 is 0 Å². The number of rotatable bonds is 2. The molecule has 5 heteroatoms. The molecule has 0 spiro atoms. The summed E-state index contributed by atoms with van der Waals surface area (Å²) in [6.45, 7) is 1.74. The van der Waals surface area contributed by atoms with E-state index in [1.54, 1.807) is 13.0 Å². The Morgan fingerprint density at radius 3 is 2.64 bits per heavy atom. The van der Waals surface area contributed by atoms with Gasteiger partial charge in [0.1, 0.15) is 11.6 Å². The third kappa shape index (κ3) is 1.64. The Morgan fingerprint density at radius 2 is 2.21 bits per heavy atom. The molecule has 1 aromatic rings. The van der Waals surface area contributed by atoms with Crippen LogP contribution in [0.15, 0.2) is 12.1 Å². The van der Waals surface area contributed by atoms with Crippen molar-refractivity contribution in [1.29, 1.82) is 5.26 Å². The van der Waals surface area contributed by atoms with Crippen LogP contribution in [0.25, 0.3) is 0 Å². The van der Waals surface area contributed by atoms with E-state index in [1.807, 2.05) is 0 Å². The van der Waals surface area contributed by atoms with Gasteiger partial charge in [-0.05, 0) is 24.6 Å². The van der Waals surface area contributed by atoms with Crippen LogP contribution in [0.3, 0.4) is 0 Å². The van der Waals surface area contributed by atoms with Crippen molar-refractivity contribution in [3.8, 4) is 11.8 Å². The van der Waals surface area contributed by atoms with Gasteiger partial charge in [-0.3, -0.25) is 10.1 Å². The van der Waals surface area contributed by atoms with E-state index < -0.39 is 4.92 Å². The Morgan fingerprint density at radius 1 is 1.57 bits per heavy atom. The van der Waals surface area contributed by atoms with Crippen LogP contribution in [0.1, 0.15) is 11.1 Å². The molecule has 14 heavy (non-hydrogen) atoms. The lowest BCUT2D eigenvalue weighted by Gasteiger charge is -2.03. The molecule has 0 aliphatic carbocycles. The zero-order valence-corrected chi connectivity index (χ0v) is 7.77. The number of nitro benzene ring substituents is 1. The number of nitrogens with zero attached hydrogens (tertiary/aromatic N) is 2. The average Bonchev–Trinajstić information content (AvgIpc) is 2.15. The molecule has 0 aromatic heterocycles. The zero-order valence-electron chi connectivity index (χ0n) is 7.77. The lowest BCUT2D eigenvalue weighted by molar-refractivity contribution is -0.386. The molecule has 0 bridgehead atoms. The summed E-state index contributed by atoms with van der Waals surface area (Å²) in [7, 11) is 1.34. The standard InChI is InChI=1S/C9H8N2O3/c1-6-3-7(5-10)9(11(12)13)8(4-6)14-2/h3-4H,1-2H3. The molecular weight excluding hydrogens is 184 g/mol. The molecule has 0 N–H and O–H groups in total. The van der Waals surface area contributed by atoms with Crippen LogP contribution < -0.4 is 4.74 Å². The molecule has 1 aromatic carbocycles. The minimum absolute atomic E-state index is 0.0202. The Balaban J connectivity index is 3.50. The summed E-state index contributed by atoms with van der Waals surface area (Å²) < 4.78 is 4.84. The smallest absolute Gasteiger partial charge is 0.328 e. The number of hydrogen-bond acceptors (Lipinski definition) is 4. The number of methoxy groups -OCH3 is 1. The predicted molar refractivity (Wildman–Crippen MR) is 49.1 cm³/mol. The van der Waals surface area contributed by atoms with Crippen LogP contribution in [0.4, 0.5) is 5.69 Å². The van der Waals surface area contributed by atoms with Crippen molar-refractivity contribution in [2.45, 2.75) is 6.92 Å². The van der Waals surface area contributed by atoms with E-state index in [1.165, 1.54) is 19.2 Å². The van der Waals surface area contributed by atoms with Gasteiger partial charge in [0.05, 0.1) is 12.0 Å². The summed E-state index contributed by atoms with van der Waals surface area (Å²) in [5, 5.41) is 19.3. The highest BCUT2D eigenvalue weighted by Gasteiger charge is 2.21. The van der Waals surface area contributed by atoms with Crippen molar-refractivity contribution in [3.63, 3.8) is 0 Å². The van der Waals surface area contributed by atoms with Gasteiger partial charge < -0.3 is 4.74 Å². The number of nitriles is 1. The van der Waals surface area contributed by atoms with E-state index in [0.717, 1.165) is 5.56 Å². The fourth-order valence-electron chi connectivity index (χ4n) is 1.17. The molecule has 0 aliphatic heterocycles. The second kappa shape index (κ2) is 3.75. The number of ether oxygens (including phenoxy) is 1. The summed E-state index contributed by atoms with van der Waals surface area (Å²) in [6.07, 6.45) is 0. The topological polar surface area (TPSA) is 76.2 Å². The largest absolute Gasteiger partial charge is 0.490 e. The minimum atomic E-state index is -0.614. The van der Waals surface area contributed by atoms with Gasteiger partial charge in [-0.15, -0.1) is 0 Å². The molecule has 1 rings (SSSR count). The predicted octanol–water partition coefficient (Wildman–Crippen LogP) is 1.78. The molecule has 0 saturated carbocycles. The first-order valence-electron chi connectivity index (χ1n) is 3.83. The lowest BCUT2D eigenvalue weighted by Crippen LogP contribution is -1.97. The molecule has 0 aliphatic rings. The summed E-state index contributed by atoms with van der Waals surface area (Å²) in [6, 6.07) is 4.76. The number of hydrogen-bond donors (Lipinski definition) is 0. The quantitative estimate of drug-likeness (QED) is 0.528. The van der Waals surface area contributed by atoms with Crippen LogP contribution in [0.2, 0.25) is 0 Å². The van der Waals surface area contributed by atoms with Gasteiger partial charge >= 0.3 is 5.69 Å². The first-order valence-corrected chi connectivity index (χ1v) is 3.83. The minimum Gasteiger partial charge on any atom is -0.490 e. The molecule has 0 unspecified atom stereocenters. The molecular formula is C9H8N2O3. The van der Waals surface area contributed by atoms with E-state index in [2.05, 4.69) is 0 Å². The van der Waals surface area contributed by atoms with Crippen molar-refractivity contribution in [2.24, 2.45) is 0 Å². The van der Waals surface area contributed by atoms with E-state index in [9.17, 15) is 10.1 Å². The molecule has 0 atom stereocenters. The first kappa shape index (κ1) is 9.99. The second-order valence-electron chi connectivity index (χ2n) is 2.73. The van der Waals surface area contributed by atoms with Gasteiger partial charge in [0.15, 0.2) is 5.75 Å². The van der Waals surface area contributed by atoms with Crippen molar-refractivity contribution in [1.82, 2.24) is 0 Å². The van der Waals surface area contributed by atoms with Crippen LogP contribution in [0.5, 0.6) is 5.75 Å². The summed E-state index contributed by atoms with van der Waals surface area (Å²) in [4.78, 5) is 10.0. The van der Waals surface area contributed by atoms with Crippen LogP contribution in [-0.4, -0.2) is 12.0 Å². The van der Waals surface area contributed by atoms with Gasteiger partial charge in [0.25, 0.3) is 0 Å². The van der Waals surface area contributed by atoms with Crippen molar-refractivity contribution in [3.05, 3.63) is 33.4 Å². The van der Waals surface area contributed by atoms with Crippen molar-refractivity contribution >= 4 is 5.69 Å². The maximum absolute atomic E-state index is 10.6. The summed E-state index contributed by atoms with van der Waals surface area (Å²) in [5.74, 6) is 0.117. The van der Waals surface area contributed by atoms with Crippen LogP contribution >= 0.6 is 0 Å². The molecule has 0 fully saturated rings. The average molecular weight is 192 g/mol. The van der Waals surface area contributed by atoms with E-state index in [4.69, 9.17) is 10.00 Å². The molecule has 0 heterocycles. The number of benzene rings is 1. The van der Waals surface area contributed by atoms with Crippen molar-refractivity contribution in [2.75, 3.05) is 7.11 Å². The summed E-state index contributed by atoms with van der Waals surface area (Å²) >= 11 is 0. The normalized spacial score (nSPS) is 9.21. The fourth-order valence-corrected chi connectivity index (χ4v) is 1.17. The Labute approximate surface area is 80.7 Å². The monoisotopic (exact) mass is 192 g/mol. The zero-order chi connectivity index (χ0) is 10.7. The SMILES string of the molecule is COc1cc(C)cc(C#N)c1[N+](=O)[O-]. The number of nitro groups is 1. The molecule has 0 saturated heterocycles.